The number of hydrogen-bond acceptors (Lipinski definition) is 8. The van der Waals surface area contributed by atoms with E-state index in [2.05, 4.69) is 10.6 Å². The molecule has 1 heterocycles. The Hall–Kier alpha value is -3.55. The molecule has 1 aliphatic rings. The van der Waals surface area contributed by atoms with Crippen molar-refractivity contribution in [2.75, 3.05) is 33.4 Å². The van der Waals surface area contributed by atoms with Gasteiger partial charge in [-0.15, -0.1) is 0 Å². The van der Waals surface area contributed by atoms with E-state index in [9.17, 15) is 28.1 Å². The van der Waals surface area contributed by atoms with Gasteiger partial charge in [-0.3, -0.25) is 19.7 Å². The van der Waals surface area contributed by atoms with Gasteiger partial charge in [0.05, 0.1) is 30.1 Å². The molecular weight excluding hydrogens is 468 g/mol. The van der Waals surface area contributed by atoms with Gasteiger partial charge in [-0.2, -0.15) is 4.31 Å². The lowest BCUT2D eigenvalue weighted by Gasteiger charge is -2.22. The van der Waals surface area contributed by atoms with Crippen LogP contribution in [-0.4, -0.2) is 69.0 Å². The summed E-state index contributed by atoms with van der Waals surface area (Å²) in [5.41, 5.74) is 0.634. The van der Waals surface area contributed by atoms with Gasteiger partial charge < -0.3 is 20.1 Å². The van der Waals surface area contributed by atoms with E-state index in [-0.39, 0.29) is 36.8 Å². The van der Waals surface area contributed by atoms with E-state index < -0.39 is 33.0 Å². The molecule has 34 heavy (non-hydrogen) atoms. The van der Waals surface area contributed by atoms with Crippen molar-refractivity contribution < 1.29 is 32.4 Å². The molecule has 0 aliphatic carbocycles. The number of para-hydroxylation sites is 1. The zero-order chi connectivity index (χ0) is 24.7. The van der Waals surface area contributed by atoms with Crippen LogP contribution in [0.2, 0.25) is 0 Å². The number of non-ortho nitro benzene ring substituents is 1. The molecule has 1 atom stereocenters. The van der Waals surface area contributed by atoms with Crippen molar-refractivity contribution >= 4 is 27.5 Å². The Morgan fingerprint density at radius 3 is 2.50 bits per heavy atom. The Kier molecular flexibility index (Phi) is 8.15. The summed E-state index contributed by atoms with van der Waals surface area (Å²) >= 11 is 0. The minimum absolute atomic E-state index is 0.0327. The molecular formula is C21H24N4O8S. The maximum Gasteiger partial charge on any atom is 0.309 e. The van der Waals surface area contributed by atoms with E-state index in [4.69, 9.17) is 9.47 Å². The van der Waals surface area contributed by atoms with Gasteiger partial charge in [0.25, 0.3) is 5.69 Å². The number of methoxy groups -OCH3 is 1. The van der Waals surface area contributed by atoms with Gasteiger partial charge in [-0.05, 0) is 30.2 Å². The largest absolute Gasteiger partial charge is 0.496 e. The van der Waals surface area contributed by atoms with E-state index in [1.165, 1.54) is 0 Å². The molecule has 0 unspecified atom stereocenters. The Morgan fingerprint density at radius 2 is 1.82 bits per heavy atom. The van der Waals surface area contributed by atoms with E-state index in [1.807, 2.05) is 18.2 Å². The van der Waals surface area contributed by atoms with Crippen molar-refractivity contribution in [1.82, 2.24) is 14.9 Å². The second kappa shape index (κ2) is 11.0. The number of nitrogens with one attached hydrogen (secondary N) is 2. The summed E-state index contributed by atoms with van der Waals surface area (Å²) in [6.07, 6.45) is -0.568. The highest BCUT2D eigenvalue weighted by molar-refractivity contribution is 7.89. The summed E-state index contributed by atoms with van der Waals surface area (Å²) in [4.78, 5) is 34.3. The molecule has 3 rings (SSSR count). The zero-order valence-corrected chi connectivity index (χ0v) is 19.1. The Bertz CT molecular complexity index is 1150. The summed E-state index contributed by atoms with van der Waals surface area (Å²) in [5, 5.41) is 15.7. The number of carbonyl (C=O) groups is 2. The van der Waals surface area contributed by atoms with Crippen LogP contribution in [0.5, 0.6) is 5.75 Å². The topological polar surface area (TPSA) is 157 Å². The number of hydrogen-bond donors (Lipinski definition) is 2. The number of nitro benzene ring substituents is 1. The maximum absolute atomic E-state index is 12.9. The lowest BCUT2D eigenvalue weighted by atomic mass is 10.1. The van der Waals surface area contributed by atoms with Gasteiger partial charge in [-0.1, -0.05) is 18.2 Å². The lowest BCUT2D eigenvalue weighted by Crippen LogP contribution is -2.47. The van der Waals surface area contributed by atoms with Crippen molar-refractivity contribution in [2.45, 2.75) is 17.5 Å². The lowest BCUT2D eigenvalue weighted by molar-refractivity contribution is -0.384. The second-order valence-electron chi connectivity index (χ2n) is 7.22. The SMILES string of the molecule is COc1ccccc1CCNC(=O)C(=O)NC[C@@H]1OCCN1S(=O)(=O)c1ccc([N+](=O)[O-])cc1. The van der Waals surface area contributed by atoms with Gasteiger partial charge >= 0.3 is 11.8 Å². The molecule has 0 aromatic heterocycles. The Balaban J connectivity index is 1.53. The molecule has 0 radical (unpaired) electrons. The van der Waals surface area contributed by atoms with Crippen molar-refractivity contribution in [3.8, 4) is 5.75 Å². The van der Waals surface area contributed by atoms with Gasteiger partial charge in [0, 0.05) is 25.2 Å². The molecule has 0 spiro atoms. The monoisotopic (exact) mass is 492 g/mol. The summed E-state index contributed by atoms with van der Waals surface area (Å²) in [6.45, 7) is 0.0843. The zero-order valence-electron chi connectivity index (χ0n) is 18.3. The fourth-order valence-electron chi connectivity index (χ4n) is 3.38. The van der Waals surface area contributed by atoms with Crippen LogP contribution in [0.4, 0.5) is 5.69 Å². The molecule has 1 fully saturated rings. The average molecular weight is 493 g/mol. The number of amides is 2. The van der Waals surface area contributed by atoms with Crippen molar-refractivity contribution in [1.29, 1.82) is 0 Å². The highest BCUT2D eigenvalue weighted by Crippen LogP contribution is 2.24. The number of benzene rings is 2. The molecule has 1 saturated heterocycles. The maximum atomic E-state index is 12.9. The smallest absolute Gasteiger partial charge is 0.309 e. The number of rotatable bonds is 9. The van der Waals surface area contributed by atoms with E-state index in [1.54, 1.807) is 13.2 Å². The molecule has 2 amide bonds. The molecule has 2 aromatic rings. The Morgan fingerprint density at radius 1 is 1.15 bits per heavy atom. The van der Waals surface area contributed by atoms with Gasteiger partial charge in [0.15, 0.2) is 0 Å². The first-order chi connectivity index (χ1) is 16.2. The van der Waals surface area contributed by atoms with Crippen molar-refractivity contribution in [3.05, 3.63) is 64.2 Å². The molecule has 0 bridgehead atoms. The minimum atomic E-state index is -4.03. The predicted molar refractivity (Wildman–Crippen MR) is 119 cm³/mol. The summed E-state index contributed by atoms with van der Waals surface area (Å²) in [6, 6.07) is 11.8. The van der Waals surface area contributed by atoms with E-state index in [0.717, 1.165) is 34.1 Å². The summed E-state index contributed by atoms with van der Waals surface area (Å²) in [5.74, 6) is -1.12. The van der Waals surface area contributed by atoms with Gasteiger partial charge in [0.1, 0.15) is 12.0 Å². The first kappa shape index (κ1) is 25.1. The number of nitro groups is 1. The minimum Gasteiger partial charge on any atom is -0.496 e. The molecule has 12 nitrogen and oxygen atoms in total. The van der Waals surface area contributed by atoms with Crippen LogP contribution in [0.15, 0.2) is 53.4 Å². The third kappa shape index (κ3) is 5.87. The van der Waals surface area contributed by atoms with Crippen LogP contribution in [-0.2, 0) is 30.8 Å². The molecule has 0 saturated carbocycles. The quantitative estimate of drug-likeness (QED) is 0.290. The first-order valence-electron chi connectivity index (χ1n) is 10.3. The van der Waals surface area contributed by atoms with Crippen LogP contribution in [0, 0.1) is 10.1 Å². The van der Waals surface area contributed by atoms with Crippen LogP contribution >= 0.6 is 0 Å². The van der Waals surface area contributed by atoms with E-state index >= 15 is 0 Å². The van der Waals surface area contributed by atoms with Crippen molar-refractivity contribution in [3.63, 3.8) is 0 Å². The standard InChI is InChI=1S/C21H24N4O8S/c1-32-18-5-3-2-4-15(18)10-11-22-20(26)21(27)23-14-19-24(12-13-33-19)34(30,31)17-8-6-16(7-9-17)25(28)29/h2-9,19H,10-14H2,1H3,(H,22,26)(H,23,27)/t19-/m0/s1. The van der Waals surface area contributed by atoms with Crippen LogP contribution in [0.1, 0.15) is 5.56 Å². The highest BCUT2D eigenvalue weighted by atomic mass is 32.2. The molecule has 2 aromatic carbocycles. The first-order valence-corrected chi connectivity index (χ1v) is 11.7. The number of sulfonamides is 1. The van der Waals surface area contributed by atoms with Crippen LogP contribution < -0.4 is 15.4 Å². The van der Waals surface area contributed by atoms with Crippen LogP contribution in [0.25, 0.3) is 0 Å². The van der Waals surface area contributed by atoms with E-state index in [0.29, 0.717) is 12.2 Å². The fourth-order valence-corrected chi connectivity index (χ4v) is 4.89. The average Bonchev–Trinajstić information content (AvgIpc) is 3.32. The van der Waals surface area contributed by atoms with Crippen molar-refractivity contribution in [2.24, 2.45) is 0 Å². The molecule has 13 heteroatoms. The predicted octanol–water partition coefficient (Wildman–Crippen LogP) is 0.426. The number of ether oxygens (including phenoxy) is 2. The third-order valence-electron chi connectivity index (χ3n) is 5.11. The summed E-state index contributed by atoms with van der Waals surface area (Å²) in [7, 11) is -2.49. The molecule has 182 valence electrons. The number of nitrogens with zero attached hydrogens (tertiary/aromatic N) is 2. The fraction of sp³-hybridized carbons (Fsp3) is 0.333. The third-order valence-corrected chi connectivity index (χ3v) is 7.02. The number of carbonyl (C=O) groups excluding carboxylic acids is 2. The van der Waals surface area contributed by atoms with Crippen LogP contribution in [0.3, 0.4) is 0 Å². The van der Waals surface area contributed by atoms with Gasteiger partial charge in [0.2, 0.25) is 10.0 Å². The Labute approximate surface area is 196 Å². The highest BCUT2D eigenvalue weighted by Gasteiger charge is 2.36. The molecule has 1 aliphatic heterocycles. The van der Waals surface area contributed by atoms with Gasteiger partial charge in [-0.25, -0.2) is 8.42 Å². The summed E-state index contributed by atoms with van der Waals surface area (Å²) < 4.78 is 37.5. The molecule has 2 N–H and O–H groups in total. The second-order valence-corrected chi connectivity index (χ2v) is 9.11. The normalized spacial score (nSPS) is 16.1.